The lowest BCUT2D eigenvalue weighted by Gasteiger charge is -2.18. The number of esters is 2. The molecule has 0 saturated heterocycles. The normalized spacial score (nSPS) is 12.0. The monoisotopic (exact) mass is 933 g/mol. The molecule has 0 rings (SSSR count). The fourth-order valence-electron chi connectivity index (χ4n) is 9.57. The van der Waals surface area contributed by atoms with Crippen LogP contribution < -0.4 is 0 Å². The molecule has 0 N–H and O–H groups in total. The van der Waals surface area contributed by atoms with Gasteiger partial charge in [0, 0.05) is 19.4 Å². The van der Waals surface area contributed by atoms with Crippen molar-refractivity contribution >= 4 is 11.9 Å². The highest BCUT2D eigenvalue weighted by atomic mass is 16.6. The summed E-state index contributed by atoms with van der Waals surface area (Å²) in [7, 11) is 0. The number of hydrogen-bond donors (Lipinski definition) is 0. The Labute approximate surface area is 414 Å². The summed E-state index contributed by atoms with van der Waals surface area (Å²) >= 11 is 0. The van der Waals surface area contributed by atoms with Gasteiger partial charge >= 0.3 is 11.9 Å². The predicted molar refractivity (Wildman–Crippen MR) is 289 cm³/mol. The number of hydrogen-bond acceptors (Lipinski definition) is 5. The van der Waals surface area contributed by atoms with Crippen molar-refractivity contribution in [3.63, 3.8) is 0 Å². The van der Waals surface area contributed by atoms with Gasteiger partial charge in [-0.3, -0.25) is 9.59 Å². The molecule has 0 unspecified atom stereocenters. The Morgan fingerprint density at radius 3 is 0.773 bits per heavy atom. The minimum atomic E-state index is -0.524. The Hall–Kier alpha value is -1.10. The van der Waals surface area contributed by atoms with E-state index in [4.69, 9.17) is 14.2 Å². The SMILES string of the molecule is CCCCCCCCCCCCCCCCCCCCCC(=O)OC[C@@H](COCCCCCCCCCCCCCCCCCC)OC(=O)CCCCCCCCCCCCCCCCC. The molecule has 0 saturated carbocycles. The van der Waals surface area contributed by atoms with Gasteiger partial charge in [0.1, 0.15) is 6.61 Å². The van der Waals surface area contributed by atoms with Gasteiger partial charge in [-0.05, 0) is 19.3 Å². The van der Waals surface area contributed by atoms with Gasteiger partial charge in [0.25, 0.3) is 0 Å². The van der Waals surface area contributed by atoms with Crippen LogP contribution in [0.4, 0.5) is 0 Å². The molecule has 0 aliphatic carbocycles. The minimum Gasteiger partial charge on any atom is -0.462 e. The van der Waals surface area contributed by atoms with Gasteiger partial charge < -0.3 is 14.2 Å². The number of ether oxygens (including phenoxy) is 3. The Kier molecular flexibility index (Phi) is 57.2. The zero-order chi connectivity index (χ0) is 47.7. The van der Waals surface area contributed by atoms with Crippen molar-refractivity contribution < 1.29 is 23.8 Å². The molecule has 0 radical (unpaired) electrons. The Balaban J connectivity index is 4.16. The Morgan fingerprint density at radius 1 is 0.273 bits per heavy atom. The molecule has 0 heterocycles. The van der Waals surface area contributed by atoms with Crippen molar-refractivity contribution in [1.29, 1.82) is 0 Å². The molecule has 0 aromatic heterocycles. The van der Waals surface area contributed by atoms with Gasteiger partial charge in [-0.2, -0.15) is 0 Å². The van der Waals surface area contributed by atoms with E-state index < -0.39 is 6.10 Å². The summed E-state index contributed by atoms with van der Waals surface area (Å²) in [4.78, 5) is 25.5. The third-order valence-corrected chi connectivity index (χ3v) is 14.1. The quantitative estimate of drug-likeness (QED) is 0.0449. The Bertz CT molecular complexity index is 921. The highest BCUT2D eigenvalue weighted by molar-refractivity contribution is 5.70. The van der Waals surface area contributed by atoms with Crippen molar-refractivity contribution in [3.8, 4) is 0 Å². The molecule has 0 aliphatic rings. The molecule has 5 nitrogen and oxygen atoms in total. The van der Waals surface area contributed by atoms with Crippen LogP contribution >= 0.6 is 0 Å². The summed E-state index contributed by atoms with van der Waals surface area (Å²) in [6.07, 6.45) is 67.0. The second-order valence-electron chi connectivity index (χ2n) is 21.0. The van der Waals surface area contributed by atoms with Crippen molar-refractivity contribution in [2.24, 2.45) is 0 Å². The Morgan fingerprint density at radius 2 is 0.500 bits per heavy atom. The van der Waals surface area contributed by atoms with E-state index >= 15 is 0 Å². The molecule has 5 heteroatoms. The lowest BCUT2D eigenvalue weighted by molar-refractivity contribution is -0.163. The fourth-order valence-corrected chi connectivity index (χ4v) is 9.57. The molecule has 0 spiro atoms. The van der Waals surface area contributed by atoms with E-state index in [0.29, 0.717) is 26.1 Å². The van der Waals surface area contributed by atoms with Gasteiger partial charge in [-0.25, -0.2) is 0 Å². The van der Waals surface area contributed by atoms with Crippen LogP contribution in [0.25, 0.3) is 0 Å². The van der Waals surface area contributed by atoms with Crippen LogP contribution in [0.2, 0.25) is 0 Å². The van der Waals surface area contributed by atoms with Crippen LogP contribution in [0.3, 0.4) is 0 Å². The zero-order valence-corrected chi connectivity index (χ0v) is 45.5. The number of carbonyl (C=O) groups is 2. The summed E-state index contributed by atoms with van der Waals surface area (Å²) < 4.78 is 17.5. The maximum Gasteiger partial charge on any atom is 0.306 e. The first-order valence-corrected chi connectivity index (χ1v) is 30.6. The summed E-state index contributed by atoms with van der Waals surface area (Å²) in [6, 6.07) is 0. The van der Waals surface area contributed by atoms with Crippen LogP contribution in [0, 0.1) is 0 Å². The van der Waals surface area contributed by atoms with Gasteiger partial charge in [-0.15, -0.1) is 0 Å². The third kappa shape index (κ3) is 55.5. The van der Waals surface area contributed by atoms with Crippen LogP contribution in [-0.4, -0.2) is 37.9 Å². The van der Waals surface area contributed by atoms with Crippen molar-refractivity contribution in [2.45, 2.75) is 361 Å². The van der Waals surface area contributed by atoms with Crippen molar-refractivity contribution in [3.05, 3.63) is 0 Å². The highest BCUT2D eigenvalue weighted by Gasteiger charge is 2.18. The van der Waals surface area contributed by atoms with E-state index in [1.807, 2.05) is 0 Å². The van der Waals surface area contributed by atoms with Gasteiger partial charge in [0.15, 0.2) is 6.10 Å². The third-order valence-electron chi connectivity index (χ3n) is 14.1. The van der Waals surface area contributed by atoms with E-state index in [1.165, 1.54) is 289 Å². The van der Waals surface area contributed by atoms with E-state index in [-0.39, 0.29) is 18.5 Å². The number of rotatable bonds is 58. The number of unbranched alkanes of at least 4 members (excludes halogenated alkanes) is 47. The first-order chi connectivity index (χ1) is 32.6. The maximum absolute atomic E-state index is 12.9. The second kappa shape index (κ2) is 58.2. The zero-order valence-electron chi connectivity index (χ0n) is 45.5. The average Bonchev–Trinajstić information content (AvgIpc) is 3.32. The van der Waals surface area contributed by atoms with Gasteiger partial charge in [0.2, 0.25) is 0 Å². The standard InChI is InChI=1S/C61H120O5/c1-4-7-10-13-16-19-22-25-28-30-31-32-34-36-39-42-45-48-51-54-60(62)65-58-59(57-64-56-53-50-47-44-41-38-35-29-26-23-20-17-14-11-8-5-2)66-61(63)55-52-49-46-43-40-37-33-27-24-21-18-15-12-9-6-3/h59H,4-58H2,1-3H3/t59-/m1/s1. The molecular formula is C61H120O5. The molecule has 0 fully saturated rings. The van der Waals surface area contributed by atoms with Crippen LogP contribution in [-0.2, 0) is 23.8 Å². The van der Waals surface area contributed by atoms with E-state index in [2.05, 4.69) is 20.8 Å². The van der Waals surface area contributed by atoms with E-state index in [9.17, 15) is 9.59 Å². The van der Waals surface area contributed by atoms with Crippen LogP contribution in [0.15, 0.2) is 0 Å². The minimum absolute atomic E-state index is 0.0987. The molecule has 0 amide bonds. The molecule has 1 atom stereocenters. The summed E-state index contributed by atoms with van der Waals surface area (Å²) in [6.45, 7) is 7.94. The molecule has 0 bridgehead atoms. The molecule has 0 aromatic rings. The molecule has 0 aliphatic heterocycles. The molecule has 394 valence electrons. The smallest absolute Gasteiger partial charge is 0.306 e. The van der Waals surface area contributed by atoms with Gasteiger partial charge in [0.05, 0.1) is 6.61 Å². The van der Waals surface area contributed by atoms with Crippen LogP contribution in [0.1, 0.15) is 355 Å². The molecular weight excluding hydrogens is 813 g/mol. The van der Waals surface area contributed by atoms with Crippen molar-refractivity contribution in [2.75, 3.05) is 19.8 Å². The summed E-state index contributed by atoms with van der Waals surface area (Å²) in [5.74, 6) is -0.362. The van der Waals surface area contributed by atoms with Crippen LogP contribution in [0.5, 0.6) is 0 Å². The largest absolute Gasteiger partial charge is 0.462 e. The van der Waals surface area contributed by atoms with E-state index in [0.717, 1.165) is 32.1 Å². The topological polar surface area (TPSA) is 61.8 Å². The maximum atomic E-state index is 12.9. The second-order valence-corrected chi connectivity index (χ2v) is 21.0. The van der Waals surface area contributed by atoms with Gasteiger partial charge in [-0.1, -0.05) is 323 Å². The molecule has 0 aromatic carbocycles. The predicted octanol–water partition coefficient (Wildman–Crippen LogP) is 20.8. The van der Waals surface area contributed by atoms with Crippen molar-refractivity contribution in [1.82, 2.24) is 0 Å². The first kappa shape index (κ1) is 64.9. The summed E-state index contributed by atoms with van der Waals surface area (Å²) in [5.41, 5.74) is 0. The highest BCUT2D eigenvalue weighted by Crippen LogP contribution is 2.18. The fraction of sp³-hybridized carbons (Fsp3) is 0.967. The number of carbonyl (C=O) groups excluding carboxylic acids is 2. The summed E-state index contributed by atoms with van der Waals surface area (Å²) in [5, 5.41) is 0. The average molecular weight is 934 g/mol. The lowest BCUT2D eigenvalue weighted by Crippen LogP contribution is -2.30. The first-order valence-electron chi connectivity index (χ1n) is 30.6. The molecule has 66 heavy (non-hydrogen) atoms. The lowest BCUT2D eigenvalue weighted by atomic mass is 10.0. The van der Waals surface area contributed by atoms with E-state index in [1.54, 1.807) is 0 Å².